The second-order valence-electron chi connectivity index (χ2n) is 4.73. The van der Waals surface area contributed by atoms with Gasteiger partial charge in [0.2, 0.25) is 0 Å². The fraction of sp³-hybridized carbons (Fsp3) is 0.176. The Morgan fingerprint density at radius 3 is 2.52 bits per heavy atom. The molecule has 0 spiro atoms. The topological polar surface area (TPSA) is 71.3 Å². The van der Waals surface area contributed by atoms with Crippen LogP contribution in [0.5, 0.6) is 11.5 Å². The lowest BCUT2D eigenvalue weighted by molar-refractivity contribution is -0.122. The third-order valence-electron chi connectivity index (χ3n) is 3.08. The molecule has 0 aromatic heterocycles. The Bertz CT molecular complexity index is 738. The first-order valence-electron chi connectivity index (χ1n) is 6.84. The number of hydrogen-bond acceptors (Lipinski definition) is 4. The number of nitriles is 1. The predicted octanol–water partition coefficient (Wildman–Crippen LogP) is 3.63. The van der Waals surface area contributed by atoms with Gasteiger partial charge in [-0.05, 0) is 43.3 Å². The van der Waals surface area contributed by atoms with Crippen LogP contribution in [0.3, 0.4) is 0 Å². The van der Waals surface area contributed by atoms with Crippen LogP contribution in [0.1, 0.15) is 12.5 Å². The summed E-state index contributed by atoms with van der Waals surface area (Å²) in [7, 11) is 1.47. The maximum atomic E-state index is 12.2. The van der Waals surface area contributed by atoms with Gasteiger partial charge in [0, 0.05) is 16.8 Å². The van der Waals surface area contributed by atoms with Gasteiger partial charge in [-0.1, -0.05) is 11.6 Å². The molecule has 2 aromatic carbocycles. The highest BCUT2D eigenvalue weighted by molar-refractivity contribution is 6.30. The van der Waals surface area contributed by atoms with Crippen LogP contribution >= 0.6 is 11.6 Å². The van der Waals surface area contributed by atoms with Crippen molar-refractivity contribution in [1.82, 2.24) is 0 Å². The molecule has 0 saturated carbocycles. The lowest BCUT2D eigenvalue weighted by Crippen LogP contribution is -2.30. The number of hydrogen-bond donors (Lipinski definition) is 1. The number of nitrogens with zero attached hydrogens (tertiary/aromatic N) is 1. The predicted molar refractivity (Wildman–Crippen MR) is 87.9 cm³/mol. The number of ether oxygens (including phenoxy) is 2. The highest BCUT2D eigenvalue weighted by atomic mass is 35.5. The average Bonchev–Trinajstić information content (AvgIpc) is 2.57. The number of methoxy groups -OCH3 is 1. The zero-order valence-electron chi connectivity index (χ0n) is 12.7. The van der Waals surface area contributed by atoms with Crippen LogP contribution in [0.25, 0.3) is 0 Å². The van der Waals surface area contributed by atoms with E-state index in [4.69, 9.17) is 26.3 Å². The number of nitrogens with one attached hydrogen (secondary N) is 1. The van der Waals surface area contributed by atoms with E-state index in [-0.39, 0.29) is 5.91 Å². The molecule has 1 amide bonds. The van der Waals surface area contributed by atoms with E-state index in [0.29, 0.717) is 27.8 Å². The van der Waals surface area contributed by atoms with Gasteiger partial charge in [0.15, 0.2) is 17.6 Å². The summed E-state index contributed by atoms with van der Waals surface area (Å²) < 4.78 is 10.8. The van der Waals surface area contributed by atoms with E-state index in [1.165, 1.54) is 7.11 Å². The summed E-state index contributed by atoms with van der Waals surface area (Å²) in [5.74, 6) is 0.485. The van der Waals surface area contributed by atoms with Crippen molar-refractivity contribution in [2.24, 2.45) is 0 Å². The monoisotopic (exact) mass is 330 g/mol. The van der Waals surface area contributed by atoms with Crippen molar-refractivity contribution < 1.29 is 14.3 Å². The molecule has 2 aromatic rings. The molecule has 2 rings (SSSR count). The molecule has 0 aliphatic rings. The molecule has 0 unspecified atom stereocenters. The summed E-state index contributed by atoms with van der Waals surface area (Å²) in [5.41, 5.74) is 1.08. The molecule has 5 nitrogen and oxygen atoms in total. The lowest BCUT2D eigenvalue weighted by atomic mass is 10.2. The van der Waals surface area contributed by atoms with Gasteiger partial charge in [-0.25, -0.2) is 0 Å². The summed E-state index contributed by atoms with van der Waals surface area (Å²) in [6.07, 6.45) is -0.743. The minimum atomic E-state index is -0.743. The van der Waals surface area contributed by atoms with Gasteiger partial charge in [-0.3, -0.25) is 4.79 Å². The Balaban J connectivity index is 2.06. The standard InChI is InChI=1S/C17H15ClN2O3/c1-11(17(21)20-14-6-4-13(18)5-7-14)23-15-8-3-12(10-19)9-16(15)22-2/h3-9,11H,1-2H3,(H,20,21)/t11-/m0/s1. The summed E-state index contributed by atoms with van der Waals surface area (Å²) >= 11 is 5.80. The lowest BCUT2D eigenvalue weighted by Gasteiger charge is -2.17. The molecule has 0 aliphatic heterocycles. The normalized spacial score (nSPS) is 11.2. The van der Waals surface area contributed by atoms with Crippen LogP contribution in [0, 0.1) is 11.3 Å². The molecule has 0 fully saturated rings. The second kappa shape index (κ2) is 7.52. The quantitative estimate of drug-likeness (QED) is 0.908. The molecular formula is C17H15ClN2O3. The van der Waals surface area contributed by atoms with Crippen LogP contribution in [0.15, 0.2) is 42.5 Å². The largest absolute Gasteiger partial charge is 0.493 e. The summed E-state index contributed by atoms with van der Waals surface area (Å²) in [6.45, 7) is 1.63. The summed E-state index contributed by atoms with van der Waals surface area (Å²) in [4.78, 5) is 12.2. The van der Waals surface area contributed by atoms with E-state index in [9.17, 15) is 4.79 Å². The van der Waals surface area contributed by atoms with Crippen molar-refractivity contribution >= 4 is 23.2 Å². The van der Waals surface area contributed by atoms with Gasteiger partial charge in [0.05, 0.1) is 18.7 Å². The smallest absolute Gasteiger partial charge is 0.265 e. The molecule has 0 heterocycles. The minimum Gasteiger partial charge on any atom is -0.493 e. The number of anilines is 1. The first kappa shape index (κ1) is 16.7. The molecular weight excluding hydrogens is 316 g/mol. The molecule has 0 bridgehead atoms. The number of amides is 1. The molecule has 0 radical (unpaired) electrons. The van der Waals surface area contributed by atoms with Gasteiger partial charge >= 0.3 is 0 Å². The Morgan fingerprint density at radius 1 is 1.22 bits per heavy atom. The van der Waals surface area contributed by atoms with Crippen molar-refractivity contribution in [3.05, 3.63) is 53.1 Å². The average molecular weight is 331 g/mol. The van der Waals surface area contributed by atoms with Gasteiger partial charge in [0.1, 0.15) is 0 Å². The van der Waals surface area contributed by atoms with E-state index in [2.05, 4.69) is 5.32 Å². The van der Waals surface area contributed by atoms with Gasteiger partial charge < -0.3 is 14.8 Å². The number of carbonyl (C=O) groups excluding carboxylic acids is 1. The number of rotatable bonds is 5. The van der Waals surface area contributed by atoms with Gasteiger partial charge in [-0.2, -0.15) is 5.26 Å². The van der Waals surface area contributed by atoms with E-state index < -0.39 is 6.10 Å². The Labute approximate surface area is 139 Å². The molecule has 1 atom stereocenters. The van der Waals surface area contributed by atoms with E-state index in [1.807, 2.05) is 6.07 Å². The number of halogens is 1. The first-order valence-corrected chi connectivity index (χ1v) is 7.22. The third-order valence-corrected chi connectivity index (χ3v) is 3.33. The Morgan fingerprint density at radius 2 is 1.91 bits per heavy atom. The maximum absolute atomic E-state index is 12.2. The van der Waals surface area contributed by atoms with Crippen LogP contribution in [-0.4, -0.2) is 19.1 Å². The highest BCUT2D eigenvalue weighted by Crippen LogP contribution is 2.29. The molecule has 1 N–H and O–H groups in total. The van der Waals surface area contributed by atoms with Crippen molar-refractivity contribution in [2.75, 3.05) is 12.4 Å². The van der Waals surface area contributed by atoms with Crippen LogP contribution in [-0.2, 0) is 4.79 Å². The van der Waals surface area contributed by atoms with Gasteiger partial charge in [0.25, 0.3) is 5.91 Å². The van der Waals surface area contributed by atoms with Crippen molar-refractivity contribution in [1.29, 1.82) is 5.26 Å². The zero-order chi connectivity index (χ0) is 16.8. The van der Waals surface area contributed by atoms with Crippen LogP contribution in [0.4, 0.5) is 5.69 Å². The minimum absolute atomic E-state index is 0.307. The first-order chi connectivity index (χ1) is 11.0. The van der Waals surface area contributed by atoms with E-state index in [0.717, 1.165) is 0 Å². The van der Waals surface area contributed by atoms with Crippen molar-refractivity contribution in [2.45, 2.75) is 13.0 Å². The number of carbonyl (C=O) groups is 1. The van der Waals surface area contributed by atoms with Crippen molar-refractivity contribution in [3.8, 4) is 17.6 Å². The van der Waals surface area contributed by atoms with E-state index in [1.54, 1.807) is 49.4 Å². The fourth-order valence-electron chi connectivity index (χ4n) is 1.86. The zero-order valence-corrected chi connectivity index (χ0v) is 13.4. The SMILES string of the molecule is COc1cc(C#N)ccc1O[C@@H](C)C(=O)Nc1ccc(Cl)cc1. The Kier molecular flexibility index (Phi) is 5.45. The second-order valence-corrected chi connectivity index (χ2v) is 5.17. The van der Waals surface area contributed by atoms with Gasteiger partial charge in [-0.15, -0.1) is 0 Å². The fourth-order valence-corrected chi connectivity index (χ4v) is 1.98. The van der Waals surface area contributed by atoms with E-state index >= 15 is 0 Å². The highest BCUT2D eigenvalue weighted by Gasteiger charge is 2.17. The molecule has 6 heteroatoms. The molecule has 0 aliphatic carbocycles. The Hall–Kier alpha value is -2.71. The van der Waals surface area contributed by atoms with Crippen LogP contribution < -0.4 is 14.8 Å². The maximum Gasteiger partial charge on any atom is 0.265 e. The van der Waals surface area contributed by atoms with Crippen LogP contribution in [0.2, 0.25) is 5.02 Å². The molecule has 23 heavy (non-hydrogen) atoms. The third kappa shape index (κ3) is 4.38. The van der Waals surface area contributed by atoms with Crippen molar-refractivity contribution in [3.63, 3.8) is 0 Å². The summed E-state index contributed by atoms with van der Waals surface area (Å²) in [5, 5.41) is 12.2. The molecule has 0 saturated heterocycles. The summed E-state index contributed by atoms with van der Waals surface area (Å²) in [6, 6.07) is 13.6. The number of benzene rings is 2. The molecule has 118 valence electrons.